The van der Waals surface area contributed by atoms with Gasteiger partial charge in [-0.1, -0.05) is 11.6 Å². The molecule has 1 heterocycles. The molecule has 1 aliphatic rings. The van der Waals surface area contributed by atoms with Crippen molar-refractivity contribution >= 4 is 17.5 Å². The zero-order valence-corrected chi connectivity index (χ0v) is 12.2. The fourth-order valence-corrected chi connectivity index (χ4v) is 3.06. The van der Waals surface area contributed by atoms with Gasteiger partial charge in [0.25, 0.3) is 5.91 Å². The lowest BCUT2D eigenvalue weighted by Crippen LogP contribution is -2.37. The monoisotopic (exact) mass is 281 g/mol. The van der Waals surface area contributed by atoms with Crippen LogP contribution in [0.5, 0.6) is 0 Å². The predicted octanol–water partition coefficient (Wildman–Crippen LogP) is 3.02. The van der Waals surface area contributed by atoms with Crippen molar-refractivity contribution in [1.29, 1.82) is 0 Å². The third-order valence-electron chi connectivity index (χ3n) is 3.54. The second kappa shape index (κ2) is 5.93. The number of amides is 1. The van der Waals surface area contributed by atoms with Crippen LogP contribution in [0.25, 0.3) is 0 Å². The molecular formula is C15H20ClNO2. The van der Waals surface area contributed by atoms with Crippen molar-refractivity contribution in [3.8, 4) is 0 Å². The number of aliphatic hydroxyl groups is 1. The molecule has 0 radical (unpaired) electrons. The molecule has 1 aromatic rings. The van der Waals surface area contributed by atoms with Crippen molar-refractivity contribution in [3.05, 3.63) is 34.3 Å². The van der Waals surface area contributed by atoms with Gasteiger partial charge >= 0.3 is 0 Å². The van der Waals surface area contributed by atoms with Crippen LogP contribution in [0, 0.1) is 6.92 Å². The normalized spacial score (nSPS) is 20.6. The first-order valence-corrected chi connectivity index (χ1v) is 7.11. The van der Waals surface area contributed by atoms with Gasteiger partial charge in [-0.15, -0.1) is 0 Å². The van der Waals surface area contributed by atoms with E-state index in [2.05, 4.69) is 0 Å². The van der Waals surface area contributed by atoms with E-state index in [0.717, 1.165) is 24.9 Å². The Labute approximate surface area is 119 Å². The highest BCUT2D eigenvalue weighted by molar-refractivity contribution is 6.31. The Bertz CT molecular complexity index is 453. The fraction of sp³-hybridized carbons (Fsp3) is 0.533. The number of nitrogens with zero attached hydrogens (tertiary/aromatic N) is 1. The first kappa shape index (κ1) is 14.4. The molecule has 0 unspecified atom stereocenters. The molecule has 0 spiro atoms. The van der Waals surface area contributed by atoms with Crippen LogP contribution in [-0.2, 0) is 0 Å². The number of aliphatic hydroxyl groups excluding tert-OH is 1. The van der Waals surface area contributed by atoms with E-state index in [1.807, 2.05) is 24.0 Å². The van der Waals surface area contributed by atoms with E-state index >= 15 is 0 Å². The van der Waals surface area contributed by atoms with Crippen LogP contribution in [-0.4, -0.2) is 34.6 Å². The fourth-order valence-electron chi connectivity index (χ4n) is 2.77. The quantitative estimate of drug-likeness (QED) is 0.925. The number of rotatable bonds is 3. The van der Waals surface area contributed by atoms with E-state index in [9.17, 15) is 9.90 Å². The number of halogens is 1. The number of benzene rings is 1. The summed E-state index contributed by atoms with van der Waals surface area (Å²) in [5.74, 6) is 0.0220. The van der Waals surface area contributed by atoms with Gasteiger partial charge in [0.2, 0.25) is 0 Å². The molecule has 1 saturated heterocycles. The van der Waals surface area contributed by atoms with Gasteiger partial charge in [0.15, 0.2) is 0 Å². The van der Waals surface area contributed by atoms with Crippen LogP contribution in [0.4, 0.5) is 0 Å². The highest BCUT2D eigenvalue weighted by Crippen LogP contribution is 2.25. The molecule has 4 heteroatoms. The Kier molecular flexibility index (Phi) is 4.48. The van der Waals surface area contributed by atoms with Gasteiger partial charge in [-0.2, -0.15) is 0 Å². The minimum atomic E-state index is -0.375. The lowest BCUT2D eigenvalue weighted by Gasteiger charge is -2.26. The van der Waals surface area contributed by atoms with Crippen molar-refractivity contribution < 1.29 is 9.90 Å². The van der Waals surface area contributed by atoms with E-state index in [1.54, 1.807) is 13.0 Å². The lowest BCUT2D eigenvalue weighted by molar-refractivity contribution is 0.0682. The SMILES string of the molecule is Cc1cc(Cl)cc(C(=O)N2CCC[C@@H]2C[C@@H](C)O)c1. The van der Waals surface area contributed by atoms with Gasteiger partial charge in [-0.05, 0) is 56.9 Å². The highest BCUT2D eigenvalue weighted by atomic mass is 35.5. The molecule has 1 fully saturated rings. The largest absolute Gasteiger partial charge is 0.393 e. The molecule has 1 amide bonds. The van der Waals surface area contributed by atoms with Crippen LogP contribution >= 0.6 is 11.6 Å². The molecule has 19 heavy (non-hydrogen) atoms. The maximum absolute atomic E-state index is 12.5. The third-order valence-corrected chi connectivity index (χ3v) is 3.76. The predicted molar refractivity (Wildman–Crippen MR) is 76.5 cm³/mol. The van der Waals surface area contributed by atoms with Crippen molar-refractivity contribution in [2.45, 2.75) is 45.3 Å². The number of hydrogen-bond donors (Lipinski definition) is 1. The van der Waals surface area contributed by atoms with Crippen LogP contribution < -0.4 is 0 Å². The molecular weight excluding hydrogens is 262 g/mol. The van der Waals surface area contributed by atoms with Gasteiger partial charge in [0.1, 0.15) is 0 Å². The van der Waals surface area contributed by atoms with Crippen LogP contribution in [0.15, 0.2) is 18.2 Å². The van der Waals surface area contributed by atoms with E-state index in [-0.39, 0.29) is 18.1 Å². The van der Waals surface area contributed by atoms with E-state index in [4.69, 9.17) is 11.6 Å². The minimum absolute atomic E-state index is 0.0220. The average molecular weight is 282 g/mol. The maximum Gasteiger partial charge on any atom is 0.254 e. The Hall–Kier alpha value is -1.06. The van der Waals surface area contributed by atoms with Gasteiger partial charge < -0.3 is 10.0 Å². The Morgan fingerprint density at radius 3 is 2.89 bits per heavy atom. The molecule has 0 bridgehead atoms. The Morgan fingerprint density at radius 2 is 2.26 bits per heavy atom. The molecule has 2 atom stereocenters. The summed E-state index contributed by atoms with van der Waals surface area (Å²) in [6.07, 6.45) is 2.24. The topological polar surface area (TPSA) is 40.5 Å². The summed E-state index contributed by atoms with van der Waals surface area (Å²) < 4.78 is 0. The average Bonchev–Trinajstić information content (AvgIpc) is 2.73. The minimum Gasteiger partial charge on any atom is -0.393 e. The number of aryl methyl sites for hydroxylation is 1. The summed E-state index contributed by atoms with van der Waals surface area (Å²) in [6, 6.07) is 5.57. The number of hydrogen-bond acceptors (Lipinski definition) is 2. The second-order valence-corrected chi connectivity index (χ2v) is 5.83. The third kappa shape index (κ3) is 3.48. The van der Waals surface area contributed by atoms with Crippen molar-refractivity contribution in [3.63, 3.8) is 0 Å². The summed E-state index contributed by atoms with van der Waals surface area (Å²) in [5.41, 5.74) is 1.63. The maximum atomic E-state index is 12.5. The Balaban J connectivity index is 2.18. The molecule has 104 valence electrons. The number of carbonyl (C=O) groups excluding carboxylic acids is 1. The van der Waals surface area contributed by atoms with Crippen molar-refractivity contribution in [1.82, 2.24) is 4.90 Å². The van der Waals surface area contributed by atoms with Crippen LogP contribution in [0.2, 0.25) is 5.02 Å². The van der Waals surface area contributed by atoms with Crippen molar-refractivity contribution in [2.24, 2.45) is 0 Å². The van der Waals surface area contributed by atoms with E-state index in [0.29, 0.717) is 17.0 Å². The molecule has 1 aromatic carbocycles. The van der Waals surface area contributed by atoms with E-state index < -0.39 is 0 Å². The molecule has 2 rings (SSSR count). The molecule has 3 nitrogen and oxygen atoms in total. The molecule has 0 aromatic heterocycles. The molecule has 0 saturated carbocycles. The van der Waals surface area contributed by atoms with Crippen LogP contribution in [0.3, 0.4) is 0 Å². The first-order chi connectivity index (χ1) is 8.97. The second-order valence-electron chi connectivity index (χ2n) is 5.40. The van der Waals surface area contributed by atoms with Gasteiger partial charge in [0, 0.05) is 23.2 Å². The number of likely N-dealkylation sites (tertiary alicyclic amines) is 1. The summed E-state index contributed by atoms with van der Waals surface area (Å²) in [6.45, 7) is 4.46. The molecule has 0 aliphatic carbocycles. The van der Waals surface area contributed by atoms with Gasteiger partial charge in [-0.25, -0.2) is 0 Å². The lowest BCUT2D eigenvalue weighted by atomic mass is 10.1. The van der Waals surface area contributed by atoms with Gasteiger partial charge in [-0.3, -0.25) is 4.79 Å². The summed E-state index contributed by atoms with van der Waals surface area (Å²) in [7, 11) is 0. The zero-order valence-electron chi connectivity index (χ0n) is 11.4. The molecule has 1 N–H and O–H groups in total. The van der Waals surface area contributed by atoms with Crippen molar-refractivity contribution in [2.75, 3.05) is 6.54 Å². The smallest absolute Gasteiger partial charge is 0.254 e. The van der Waals surface area contributed by atoms with E-state index in [1.165, 1.54) is 0 Å². The standard InChI is InChI=1S/C15H20ClNO2/c1-10-6-12(9-13(16)7-10)15(19)17-5-3-4-14(17)8-11(2)18/h6-7,9,11,14,18H,3-5,8H2,1-2H3/t11-,14-/m1/s1. The Morgan fingerprint density at radius 1 is 1.53 bits per heavy atom. The summed E-state index contributed by atoms with van der Waals surface area (Å²) >= 11 is 6.01. The summed E-state index contributed by atoms with van der Waals surface area (Å²) in [5, 5.41) is 10.1. The molecule has 1 aliphatic heterocycles. The van der Waals surface area contributed by atoms with Crippen LogP contribution in [0.1, 0.15) is 42.1 Å². The number of carbonyl (C=O) groups is 1. The summed E-state index contributed by atoms with van der Waals surface area (Å²) in [4.78, 5) is 14.4. The highest BCUT2D eigenvalue weighted by Gasteiger charge is 2.30. The van der Waals surface area contributed by atoms with Gasteiger partial charge in [0.05, 0.1) is 6.10 Å². The first-order valence-electron chi connectivity index (χ1n) is 6.73. The zero-order chi connectivity index (χ0) is 14.0.